The highest BCUT2D eigenvalue weighted by atomic mass is 16.5. The SMILES string of the molecule is COc1cccc(C2(C3CNCCN3C)COC2)c1. The Morgan fingerprint density at radius 2 is 2.26 bits per heavy atom. The van der Waals surface area contributed by atoms with Crippen LogP contribution < -0.4 is 10.1 Å². The fourth-order valence-electron chi connectivity index (χ4n) is 3.23. The van der Waals surface area contributed by atoms with Crippen molar-refractivity contribution >= 4 is 0 Å². The number of nitrogens with zero attached hydrogens (tertiary/aromatic N) is 1. The van der Waals surface area contributed by atoms with Crippen LogP contribution in [-0.4, -0.2) is 57.9 Å². The molecular formula is C15H22N2O2. The maximum atomic E-state index is 5.57. The second-order valence-corrected chi connectivity index (χ2v) is 5.58. The van der Waals surface area contributed by atoms with E-state index in [9.17, 15) is 0 Å². The van der Waals surface area contributed by atoms with E-state index >= 15 is 0 Å². The molecule has 1 N–H and O–H groups in total. The lowest BCUT2D eigenvalue weighted by Crippen LogP contribution is -2.66. The molecule has 3 rings (SSSR count). The average Bonchev–Trinajstić information content (AvgIpc) is 2.40. The highest BCUT2D eigenvalue weighted by molar-refractivity contribution is 5.37. The Kier molecular flexibility index (Phi) is 3.48. The Morgan fingerprint density at radius 1 is 1.42 bits per heavy atom. The summed E-state index contributed by atoms with van der Waals surface area (Å²) in [6.07, 6.45) is 0. The maximum Gasteiger partial charge on any atom is 0.119 e. The van der Waals surface area contributed by atoms with Crippen LogP contribution in [0.2, 0.25) is 0 Å². The Hall–Kier alpha value is -1.10. The van der Waals surface area contributed by atoms with E-state index in [1.807, 2.05) is 6.07 Å². The summed E-state index contributed by atoms with van der Waals surface area (Å²) < 4.78 is 10.9. The van der Waals surface area contributed by atoms with Crippen molar-refractivity contribution in [3.05, 3.63) is 29.8 Å². The molecule has 0 amide bonds. The van der Waals surface area contributed by atoms with Crippen molar-refractivity contribution in [3.63, 3.8) is 0 Å². The molecule has 1 aromatic rings. The second kappa shape index (κ2) is 5.12. The first kappa shape index (κ1) is 12.9. The molecular weight excluding hydrogens is 240 g/mol. The third kappa shape index (κ3) is 2.14. The second-order valence-electron chi connectivity index (χ2n) is 5.58. The molecule has 104 valence electrons. The summed E-state index contributed by atoms with van der Waals surface area (Å²) in [5.74, 6) is 0.926. The van der Waals surface area contributed by atoms with Gasteiger partial charge in [-0.2, -0.15) is 0 Å². The molecule has 2 aliphatic rings. The monoisotopic (exact) mass is 262 g/mol. The predicted octanol–water partition coefficient (Wildman–Crippen LogP) is 0.867. The van der Waals surface area contributed by atoms with Gasteiger partial charge in [0.1, 0.15) is 5.75 Å². The predicted molar refractivity (Wildman–Crippen MR) is 74.8 cm³/mol. The van der Waals surface area contributed by atoms with Crippen LogP contribution in [0.1, 0.15) is 5.56 Å². The van der Waals surface area contributed by atoms with Gasteiger partial charge in [-0.15, -0.1) is 0 Å². The fraction of sp³-hybridized carbons (Fsp3) is 0.600. The van der Waals surface area contributed by atoms with Crippen molar-refractivity contribution in [3.8, 4) is 5.75 Å². The number of piperazine rings is 1. The van der Waals surface area contributed by atoms with Crippen LogP contribution in [0.4, 0.5) is 0 Å². The Balaban J connectivity index is 1.93. The smallest absolute Gasteiger partial charge is 0.119 e. The first-order chi connectivity index (χ1) is 9.26. The summed E-state index contributed by atoms with van der Waals surface area (Å²) in [4.78, 5) is 2.46. The van der Waals surface area contributed by atoms with Gasteiger partial charge in [0.2, 0.25) is 0 Å². The van der Waals surface area contributed by atoms with Gasteiger partial charge >= 0.3 is 0 Å². The molecule has 0 radical (unpaired) electrons. The molecule has 0 spiro atoms. The summed E-state index contributed by atoms with van der Waals surface area (Å²) in [5.41, 5.74) is 1.44. The van der Waals surface area contributed by atoms with Crippen molar-refractivity contribution < 1.29 is 9.47 Å². The fourth-order valence-corrected chi connectivity index (χ4v) is 3.23. The average molecular weight is 262 g/mol. The number of hydrogen-bond acceptors (Lipinski definition) is 4. The topological polar surface area (TPSA) is 33.7 Å². The molecule has 2 saturated heterocycles. The summed E-state index contributed by atoms with van der Waals surface area (Å²) in [6, 6.07) is 8.92. The van der Waals surface area contributed by atoms with Gasteiger partial charge in [-0.25, -0.2) is 0 Å². The largest absolute Gasteiger partial charge is 0.497 e. The molecule has 1 unspecified atom stereocenters. The van der Waals surface area contributed by atoms with Crippen LogP contribution >= 0.6 is 0 Å². The van der Waals surface area contributed by atoms with Gasteiger partial charge < -0.3 is 14.8 Å². The van der Waals surface area contributed by atoms with Crippen molar-refractivity contribution in [2.45, 2.75) is 11.5 Å². The normalized spacial score (nSPS) is 26.7. The molecule has 0 aliphatic carbocycles. The lowest BCUT2D eigenvalue weighted by Gasteiger charge is -2.52. The number of nitrogens with one attached hydrogen (secondary N) is 1. The van der Waals surface area contributed by atoms with Gasteiger partial charge in [-0.1, -0.05) is 12.1 Å². The Morgan fingerprint density at radius 3 is 2.89 bits per heavy atom. The zero-order valence-electron chi connectivity index (χ0n) is 11.7. The molecule has 1 atom stereocenters. The van der Waals surface area contributed by atoms with Gasteiger partial charge in [0.25, 0.3) is 0 Å². The first-order valence-corrected chi connectivity index (χ1v) is 6.89. The molecule has 4 heteroatoms. The van der Waals surface area contributed by atoms with E-state index in [1.165, 1.54) is 5.56 Å². The highest BCUT2D eigenvalue weighted by Gasteiger charge is 2.49. The minimum Gasteiger partial charge on any atom is -0.497 e. The number of benzene rings is 1. The standard InChI is InChI=1S/C15H22N2O2/c1-17-7-6-16-9-14(17)15(10-19-11-15)12-4-3-5-13(8-12)18-2/h3-5,8,14,16H,6-7,9-11H2,1-2H3. The Bertz CT molecular complexity index is 446. The lowest BCUT2D eigenvalue weighted by atomic mass is 9.71. The van der Waals surface area contributed by atoms with Crippen molar-refractivity contribution in [1.82, 2.24) is 10.2 Å². The molecule has 2 heterocycles. The number of likely N-dealkylation sites (N-methyl/N-ethyl adjacent to an activating group) is 1. The van der Waals surface area contributed by atoms with Crippen LogP contribution in [0.3, 0.4) is 0 Å². The summed E-state index contributed by atoms with van der Waals surface area (Å²) >= 11 is 0. The van der Waals surface area contributed by atoms with E-state index in [2.05, 4.69) is 35.5 Å². The lowest BCUT2D eigenvalue weighted by molar-refractivity contribution is -0.103. The van der Waals surface area contributed by atoms with E-state index in [4.69, 9.17) is 9.47 Å². The third-order valence-electron chi connectivity index (χ3n) is 4.51. The van der Waals surface area contributed by atoms with E-state index in [0.717, 1.165) is 38.6 Å². The highest BCUT2D eigenvalue weighted by Crippen LogP contribution is 2.39. The van der Waals surface area contributed by atoms with Gasteiger partial charge in [0.05, 0.1) is 25.7 Å². The van der Waals surface area contributed by atoms with Gasteiger partial charge in [-0.05, 0) is 24.7 Å². The molecule has 2 aliphatic heterocycles. The molecule has 0 aromatic heterocycles. The zero-order valence-corrected chi connectivity index (χ0v) is 11.7. The van der Waals surface area contributed by atoms with Crippen LogP contribution in [0.15, 0.2) is 24.3 Å². The molecule has 19 heavy (non-hydrogen) atoms. The van der Waals surface area contributed by atoms with Crippen molar-refractivity contribution in [2.24, 2.45) is 0 Å². The first-order valence-electron chi connectivity index (χ1n) is 6.89. The van der Waals surface area contributed by atoms with E-state index in [1.54, 1.807) is 7.11 Å². The summed E-state index contributed by atoms with van der Waals surface area (Å²) in [7, 11) is 3.93. The van der Waals surface area contributed by atoms with Gasteiger partial charge in [-0.3, -0.25) is 4.90 Å². The quantitative estimate of drug-likeness (QED) is 0.876. The van der Waals surface area contributed by atoms with Crippen LogP contribution in [-0.2, 0) is 10.2 Å². The Labute approximate surface area is 114 Å². The zero-order chi connectivity index (χ0) is 13.3. The summed E-state index contributed by atoms with van der Waals surface area (Å²) in [5, 5.41) is 3.51. The van der Waals surface area contributed by atoms with Crippen molar-refractivity contribution in [1.29, 1.82) is 0 Å². The number of rotatable bonds is 3. The molecule has 1 aromatic carbocycles. The van der Waals surface area contributed by atoms with Gasteiger partial charge in [0, 0.05) is 25.7 Å². The van der Waals surface area contributed by atoms with Crippen LogP contribution in [0, 0.1) is 0 Å². The van der Waals surface area contributed by atoms with E-state index in [-0.39, 0.29) is 5.41 Å². The van der Waals surface area contributed by atoms with Crippen LogP contribution in [0.5, 0.6) is 5.75 Å². The minimum absolute atomic E-state index is 0.108. The molecule has 0 bridgehead atoms. The molecule has 4 nitrogen and oxygen atoms in total. The van der Waals surface area contributed by atoms with Crippen molar-refractivity contribution in [2.75, 3.05) is 47.0 Å². The van der Waals surface area contributed by atoms with Crippen LogP contribution in [0.25, 0.3) is 0 Å². The molecule has 2 fully saturated rings. The minimum atomic E-state index is 0.108. The number of hydrogen-bond donors (Lipinski definition) is 1. The van der Waals surface area contributed by atoms with E-state index < -0.39 is 0 Å². The third-order valence-corrected chi connectivity index (χ3v) is 4.51. The van der Waals surface area contributed by atoms with E-state index in [0.29, 0.717) is 6.04 Å². The maximum absolute atomic E-state index is 5.57. The summed E-state index contributed by atoms with van der Waals surface area (Å²) in [6.45, 7) is 4.79. The van der Waals surface area contributed by atoms with Gasteiger partial charge in [0.15, 0.2) is 0 Å². The number of methoxy groups -OCH3 is 1. The number of ether oxygens (including phenoxy) is 2. The molecule has 0 saturated carbocycles.